The molecule has 36 heavy (non-hydrogen) atoms. The van der Waals surface area contributed by atoms with E-state index in [9.17, 15) is 0 Å². The van der Waals surface area contributed by atoms with Gasteiger partial charge in [-0.25, -0.2) is 0 Å². The van der Waals surface area contributed by atoms with Crippen LogP contribution in [0.15, 0.2) is 91.0 Å². The van der Waals surface area contributed by atoms with Crippen LogP contribution >= 0.6 is 7.26 Å². The molecule has 0 nitrogen and oxygen atoms in total. The first-order chi connectivity index (χ1) is 17.3. The molecule has 0 bridgehead atoms. The Kier molecular flexibility index (Phi) is 10.5. The highest BCUT2D eigenvalue weighted by atomic mass is 127. The molecular formula is C34H44IP. The van der Waals surface area contributed by atoms with Gasteiger partial charge in [-0.2, -0.15) is 0 Å². The van der Waals surface area contributed by atoms with Crippen molar-refractivity contribution in [1.29, 1.82) is 0 Å². The molecule has 0 aliphatic heterocycles. The van der Waals surface area contributed by atoms with E-state index in [0.717, 1.165) is 23.7 Å². The molecule has 0 radical (unpaired) electrons. The normalized spacial score (nSPS) is 24.6. The second-order valence-electron chi connectivity index (χ2n) is 11.3. The number of halogens is 1. The molecule has 2 aliphatic rings. The average molecular weight is 611 g/mol. The number of benzene rings is 3. The van der Waals surface area contributed by atoms with Crippen molar-refractivity contribution in [3.63, 3.8) is 0 Å². The summed E-state index contributed by atoms with van der Waals surface area (Å²) in [6.45, 7) is 2.36. The van der Waals surface area contributed by atoms with E-state index in [1.165, 1.54) is 70.4 Å². The topological polar surface area (TPSA) is 0 Å². The minimum Gasteiger partial charge on any atom is -1.00 e. The van der Waals surface area contributed by atoms with Crippen LogP contribution in [0.1, 0.15) is 71.1 Å². The summed E-state index contributed by atoms with van der Waals surface area (Å²) < 4.78 is 0. The van der Waals surface area contributed by atoms with E-state index in [0.29, 0.717) is 0 Å². The smallest absolute Gasteiger partial charge is 0.112 e. The molecule has 0 spiro atoms. The molecule has 0 saturated heterocycles. The lowest BCUT2D eigenvalue weighted by atomic mass is 9.69. The third kappa shape index (κ3) is 6.27. The van der Waals surface area contributed by atoms with Crippen molar-refractivity contribution in [2.75, 3.05) is 6.16 Å². The molecule has 0 amide bonds. The van der Waals surface area contributed by atoms with E-state index in [2.05, 4.69) is 97.9 Å². The first-order valence-electron chi connectivity index (χ1n) is 14.3. The first kappa shape index (κ1) is 27.8. The van der Waals surface area contributed by atoms with Crippen molar-refractivity contribution in [3.8, 4) is 0 Å². The Hall–Kier alpha value is -1.18. The van der Waals surface area contributed by atoms with Crippen molar-refractivity contribution in [3.05, 3.63) is 91.0 Å². The summed E-state index contributed by atoms with van der Waals surface area (Å²) in [4.78, 5) is 0. The van der Waals surface area contributed by atoms with Crippen LogP contribution in [0.5, 0.6) is 0 Å². The Morgan fingerprint density at radius 3 is 1.25 bits per heavy atom. The van der Waals surface area contributed by atoms with E-state index in [1.807, 2.05) is 0 Å². The third-order valence-corrected chi connectivity index (χ3v) is 13.9. The van der Waals surface area contributed by atoms with E-state index < -0.39 is 7.26 Å². The fourth-order valence-electron chi connectivity index (χ4n) is 7.40. The number of rotatable bonds is 8. The van der Waals surface area contributed by atoms with Gasteiger partial charge in [0.05, 0.1) is 6.16 Å². The second kappa shape index (κ2) is 13.6. The minimum atomic E-state index is -1.69. The third-order valence-electron chi connectivity index (χ3n) is 9.27. The van der Waals surface area contributed by atoms with Crippen LogP contribution in [-0.4, -0.2) is 6.16 Å². The summed E-state index contributed by atoms with van der Waals surface area (Å²) in [5.74, 6) is 3.87. The van der Waals surface area contributed by atoms with Crippen LogP contribution < -0.4 is 39.9 Å². The average Bonchev–Trinajstić information content (AvgIpc) is 2.94. The molecule has 2 heteroatoms. The Balaban J connectivity index is 0.00000304. The molecule has 2 saturated carbocycles. The van der Waals surface area contributed by atoms with Crippen LogP contribution in [0.3, 0.4) is 0 Å². The molecule has 0 heterocycles. The molecule has 2 fully saturated rings. The lowest BCUT2D eigenvalue weighted by Crippen LogP contribution is -3.00. The molecule has 5 rings (SSSR count). The molecule has 0 aromatic heterocycles. The lowest BCUT2D eigenvalue weighted by molar-refractivity contribution is -0.00000712. The fraction of sp³-hybridized carbons (Fsp3) is 0.471. The molecule has 3 aromatic rings. The van der Waals surface area contributed by atoms with Gasteiger partial charge in [0.15, 0.2) is 0 Å². The highest BCUT2D eigenvalue weighted by Crippen LogP contribution is 2.58. The van der Waals surface area contributed by atoms with E-state index >= 15 is 0 Å². The molecule has 3 aromatic carbocycles. The van der Waals surface area contributed by atoms with Gasteiger partial charge in [-0.3, -0.25) is 0 Å². The van der Waals surface area contributed by atoms with E-state index in [4.69, 9.17) is 0 Å². The maximum atomic E-state index is 2.41. The van der Waals surface area contributed by atoms with Gasteiger partial charge in [-0.05, 0) is 98.6 Å². The number of hydrogen-bond donors (Lipinski definition) is 0. The quantitative estimate of drug-likeness (QED) is 0.237. The highest BCUT2D eigenvalue weighted by molar-refractivity contribution is 7.95. The summed E-state index contributed by atoms with van der Waals surface area (Å²) in [5.41, 5.74) is 0. The molecule has 0 N–H and O–H groups in total. The van der Waals surface area contributed by atoms with Gasteiger partial charge >= 0.3 is 0 Å². The Bertz CT molecular complexity index is 906. The van der Waals surface area contributed by atoms with Crippen molar-refractivity contribution >= 4 is 23.2 Å². The summed E-state index contributed by atoms with van der Waals surface area (Å²) in [5, 5.41) is 4.65. The zero-order chi connectivity index (χ0) is 23.9. The van der Waals surface area contributed by atoms with Gasteiger partial charge in [0.25, 0.3) is 0 Å². The standard InChI is InChI=1S/C34H44P.HI/c1-2-12-28-19-23-30(24-20-28)31-25-21-29(22-26-31)27-35(32-13-6-3-7-14-32,33-15-8-4-9-16-33)34-17-10-5-11-18-34;/h3-11,13-18,28-31H,2,12,19-27H2,1H3;1H/q+1;/p-1/t28-,29?,30-,31?;. The van der Waals surface area contributed by atoms with Crippen molar-refractivity contribution < 1.29 is 24.0 Å². The van der Waals surface area contributed by atoms with Gasteiger partial charge in [0.2, 0.25) is 0 Å². The molecular weight excluding hydrogens is 566 g/mol. The zero-order valence-electron chi connectivity index (χ0n) is 22.1. The predicted octanol–water partition coefficient (Wildman–Crippen LogP) is 5.40. The molecule has 2 aliphatic carbocycles. The number of hydrogen-bond acceptors (Lipinski definition) is 0. The SMILES string of the molecule is CCC[C@H]1CC[C@H](C2CCC(C[P+](c3ccccc3)(c3ccccc3)c3ccccc3)CC2)CC1.[I-]. The zero-order valence-corrected chi connectivity index (χ0v) is 25.1. The van der Waals surface area contributed by atoms with Crippen LogP contribution in [0.4, 0.5) is 0 Å². The Labute approximate surface area is 238 Å². The van der Waals surface area contributed by atoms with Crippen molar-refractivity contribution in [2.24, 2.45) is 23.7 Å². The fourth-order valence-corrected chi connectivity index (χ4v) is 12.1. The lowest BCUT2D eigenvalue weighted by Gasteiger charge is -2.39. The Morgan fingerprint density at radius 1 is 0.528 bits per heavy atom. The minimum absolute atomic E-state index is 0. The van der Waals surface area contributed by atoms with Gasteiger partial charge in [0.1, 0.15) is 23.2 Å². The van der Waals surface area contributed by atoms with Gasteiger partial charge in [0, 0.05) is 0 Å². The maximum Gasteiger partial charge on any atom is 0.112 e. The van der Waals surface area contributed by atoms with Crippen LogP contribution in [0.25, 0.3) is 0 Å². The predicted molar refractivity (Wildman–Crippen MR) is 156 cm³/mol. The highest BCUT2D eigenvalue weighted by Gasteiger charge is 2.47. The van der Waals surface area contributed by atoms with Crippen molar-refractivity contribution in [1.82, 2.24) is 0 Å². The van der Waals surface area contributed by atoms with Crippen molar-refractivity contribution in [2.45, 2.75) is 71.1 Å². The van der Waals surface area contributed by atoms with E-state index in [1.54, 1.807) is 15.9 Å². The second-order valence-corrected chi connectivity index (χ2v) is 14.9. The summed E-state index contributed by atoms with van der Waals surface area (Å²) in [6.07, 6.45) is 16.0. The first-order valence-corrected chi connectivity index (χ1v) is 16.3. The van der Waals surface area contributed by atoms with Crippen LogP contribution in [0, 0.1) is 23.7 Å². The molecule has 0 atom stereocenters. The summed E-state index contributed by atoms with van der Waals surface area (Å²) in [6, 6.07) is 34.5. The van der Waals surface area contributed by atoms with Gasteiger partial charge < -0.3 is 24.0 Å². The van der Waals surface area contributed by atoms with Crippen LogP contribution in [-0.2, 0) is 0 Å². The largest absolute Gasteiger partial charge is 1.00 e. The van der Waals surface area contributed by atoms with Crippen LogP contribution in [0.2, 0.25) is 0 Å². The van der Waals surface area contributed by atoms with Gasteiger partial charge in [-0.15, -0.1) is 0 Å². The monoisotopic (exact) mass is 610 g/mol. The summed E-state index contributed by atoms with van der Waals surface area (Å²) in [7, 11) is -1.69. The summed E-state index contributed by atoms with van der Waals surface area (Å²) >= 11 is 0. The maximum absolute atomic E-state index is 2.41. The molecule has 192 valence electrons. The molecule has 0 unspecified atom stereocenters. The van der Waals surface area contributed by atoms with Gasteiger partial charge in [-0.1, -0.05) is 87.2 Å². The van der Waals surface area contributed by atoms with E-state index in [-0.39, 0.29) is 24.0 Å². The Morgan fingerprint density at radius 2 is 0.889 bits per heavy atom.